The molecule has 0 saturated carbocycles. The van der Waals surface area contributed by atoms with Gasteiger partial charge in [0.15, 0.2) is 0 Å². The van der Waals surface area contributed by atoms with Crippen molar-refractivity contribution in [3.8, 4) is 5.88 Å². The zero-order valence-corrected chi connectivity index (χ0v) is 12.5. The smallest absolute Gasteiger partial charge is 0.362 e. The van der Waals surface area contributed by atoms with Gasteiger partial charge in [0.1, 0.15) is 0 Å². The standard InChI is InChI=1S/C17H19N3O2/c21-15-14(12-13-6-2-1-3-7-13)16(22)20-11-5-9-18-8-4-10-19(15)17(18)20/h1-3,6-7H,4-5,8-12H2. The molecule has 0 N–H and O–H groups in total. The summed E-state index contributed by atoms with van der Waals surface area (Å²) in [6, 6.07) is 9.75. The number of nitrogens with zero attached hydrogens (tertiary/aromatic N) is 3. The van der Waals surface area contributed by atoms with Crippen molar-refractivity contribution in [2.75, 3.05) is 18.0 Å². The normalized spacial score (nSPS) is 16.5. The van der Waals surface area contributed by atoms with E-state index in [0.29, 0.717) is 25.1 Å². The van der Waals surface area contributed by atoms with E-state index in [0.717, 1.165) is 37.4 Å². The molecule has 2 aromatic rings. The molecule has 1 aromatic carbocycles. The minimum absolute atomic E-state index is 0.105. The van der Waals surface area contributed by atoms with E-state index >= 15 is 0 Å². The Bertz CT molecular complexity index is 766. The number of benzene rings is 1. The minimum Gasteiger partial charge on any atom is -0.848 e. The van der Waals surface area contributed by atoms with Crippen LogP contribution in [-0.2, 0) is 19.5 Å². The Kier molecular flexibility index (Phi) is 3.13. The number of hydrogen-bond acceptors (Lipinski definition) is 3. The van der Waals surface area contributed by atoms with E-state index in [2.05, 4.69) is 4.90 Å². The van der Waals surface area contributed by atoms with Crippen molar-refractivity contribution in [1.29, 1.82) is 0 Å². The summed E-state index contributed by atoms with van der Waals surface area (Å²) in [7, 11) is 0. The highest BCUT2D eigenvalue weighted by atomic mass is 16.3. The predicted octanol–water partition coefficient (Wildman–Crippen LogP) is 0.414. The first-order chi connectivity index (χ1) is 10.8. The maximum Gasteiger partial charge on any atom is 0.362 e. The monoisotopic (exact) mass is 297 g/mol. The second-order valence-corrected chi connectivity index (χ2v) is 6.05. The first-order valence-electron chi connectivity index (χ1n) is 7.91. The van der Waals surface area contributed by atoms with Gasteiger partial charge in [0.25, 0.3) is 0 Å². The van der Waals surface area contributed by atoms with Gasteiger partial charge >= 0.3 is 11.5 Å². The van der Waals surface area contributed by atoms with Crippen LogP contribution in [0.3, 0.4) is 0 Å². The molecule has 0 saturated heterocycles. The molecule has 0 atom stereocenters. The lowest BCUT2D eigenvalue weighted by Crippen LogP contribution is -2.57. The lowest BCUT2D eigenvalue weighted by Gasteiger charge is -2.33. The highest BCUT2D eigenvalue weighted by Gasteiger charge is 2.34. The molecule has 0 amide bonds. The van der Waals surface area contributed by atoms with Gasteiger partial charge in [0, 0.05) is 25.1 Å². The van der Waals surface area contributed by atoms with Crippen molar-refractivity contribution in [3.05, 3.63) is 51.8 Å². The summed E-state index contributed by atoms with van der Waals surface area (Å²) in [5, 5.41) is 12.8. The van der Waals surface area contributed by atoms with Crippen LogP contribution in [0, 0.1) is 0 Å². The molecule has 114 valence electrons. The third-order valence-corrected chi connectivity index (χ3v) is 4.62. The Morgan fingerprint density at radius 2 is 1.86 bits per heavy atom. The van der Waals surface area contributed by atoms with Crippen LogP contribution in [0.2, 0.25) is 0 Å². The predicted molar refractivity (Wildman–Crippen MR) is 81.0 cm³/mol. The maximum atomic E-state index is 12.8. The fourth-order valence-corrected chi connectivity index (χ4v) is 3.59. The van der Waals surface area contributed by atoms with Crippen LogP contribution in [-0.4, -0.2) is 17.7 Å². The van der Waals surface area contributed by atoms with E-state index in [1.165, 1.54) is 0 Å². The van der Waals surface area contributed by atoms with Crippen LogP contribution in [0.4, 0.5) is 5.95 Å². The number of rotatable bonds is 2. The fourth-order valence-electron chi connectivity index (χ4n) is 3.59. The second kappa shape index (κ2) is 5.16. The van der Waals surface area contributed by atoms with Crippen molar-refractivity contribution in [1.82, 2.24) is 4.57 Å². The van der Waals surface area contributed by atoms with Crippen LogP contribution < -0.4 is 20.1 Å². The van der Waals surface area contributed by atoms with Gasteiger partial charge in [0.05, 0.1) is 31.7 Å². The lowest BCUT2D eigenvalue weighted by atomic mass is 10.1. The van der Waals surface area contributed by atoms with Crippen molar-refractivity contribution >= 4 is 5.95 Å². The Hall–Kier alpha value is -2.30. The van der Waals surface area contributed by atoms with Crippen molar-refractivity contribution in [2.24, 2.45) is 0 Å². The van der Waals surface area contributed by atoms with Gasteiger partial charge in [-0.3, -0.25) is 9.69 Å². The van der Waals surface area contributed by atoms with Gasteiger partial charge in [-0.1, -0.05) is 30.3 Å². The van der Waals surface area contributed by atoms with Crippen LogP contribution >= 0.6 is 0 Å². The van der Waals surface area contributed by atoms with Gasteiger partial charge in [-0.2, -0.15) is 4.57 Å². The first kappa shape index (κ1) is 13.4. The van der Waals surface area contributed by atoms with Crippen LogP contribution in [0.5, 0.6) is 5.88 Å². The Balaban J connectivity index is 1.88. The Morgan fingerprint density at radius 1 is 1.09 bits per heavy atom. The first-order valence-corrected chi connectivity index (χ1v) is 7.91. The van der Waals surface area contributed by atoms with Crippen molar-refractivity contribution in [3.63, 3.8) is 0 Å². The molecular formula is C17H19N3O2. The molecule has 0 spiro atoms. The average molecular weight is 297 g/mol. The number of aromatic nitrogens is 2. The third-order valence-electron chi connectivity index (χ3n) is 4.62. The molecule has 0 radical (unpaired) electrons. The lowest BCUT2D eigenvalue weighted by molar-refractivity contribution is -0.732. The molecule has 0 bridgehead atoms. The fraction of sp³-hybridized carbons (Fsp3) is 0.412. The second-order valence-electron chi connectivity index (χ2n) is 6.05. The Morgan fingerprint density at radius 3 is 2.68 bits per heavy atom. The summed E-state index contributed by atoms with van der Waals surface area (Å²) in [6.45, 7) is 3.31. The maximum absolute atomic E-state index is 12.8. The van der Waals surface area contributed by atoms with Gasteiger partial charge in [0.2, 0.25) is 0 Å². The zero-order valence-electron chi connectivity index (χ0n) is 12.5. The van der Waals surface area contributed by atoms with Gasteiger partial charge in [-0.15, -0.1) is 0 Å². The number of anilines is 1. The highest BCUT2D eigenvalue weighted by molar-refractivity contribution is 5.35. The zero-order chi connectivity index (χ0) is 15.1. The molecule has 3 heterocycles. The van der Waals surface area contributed by atoms with Crippen molar-refractivity contribution in [2.45, 2.75) is 32.4 Å². The SMILES string of the molecule is O=c1c(Cc2ccccc2)c([O-])[n+]2c3n1CCCN3CCC2. The Labute approximate surface area is 129 Å². The largest absolute Gasteiger partial charge is 0.848 e. The number of hydrogen-bond donors (Lipinski definition) is 0. The molecular weight excluding hydrogens is 278 g/mol. The van der Waals surface area contributed by atoms with E-state index in [4.69, 9.17) is 0 Å². The summed E-state index contributed by atoms with van der Waals surface area (Å²) in [6.07, 6.45) is 2.35. The molecule has 2 aliphatic rings. The van der Waals surface area contributed by atoms with E-state index < -0.39 is 0 Å². The van der Waals surface area contributed by atoms with Crippen LogP contribution in [0.15, 0.2) is 35.1 Å². The molecule has 0 aliphatic carbocycles. The average Bonchev–Trinajstić information content (AvgIpc) is 2.57. The van der Waals surface area contributed by atoms with Gasteiger partial charge < -0.3 is 5.11 Å². The molecule has 5 nitrogen and oxygen atoms in total. The molecule has 5 heteroatoms. The topological polar surface area (TPSA) is 52.2 Å². The molecule has 4 rings (SSSR count). The summed E-state index contributed by atoms with van der Waals surface area (Å²) in [5.74, 6) is 0.719. The molecule has 2 aliphatic heterocycles. The summed E-state index contributed by atoms with van der Waals surface area (Å²) >= 11 is 0. The van der Waals surface area contributed by atoms with E-state index in [1.807, 2.05) is 39.5 Å². The van der Waals surface area contributed by atoms with E-state index in [9.17, 15) is 9.90 Å². The molecule has 0 fully saturated rings. The molecule has 22 heavy (non-hydrogen) atoms. The summed E-state index contributed by atoms with van der Waals surface area (Å²) in [4.78, 5) is 15.0. The highest BCUT2D eigenvalue weighted by Crippen LogP contribution is 2.22. The summed E-state index contributed by atoms with van der Waals surface area (Å²) in [5.41, 5.74) is 1.30. The summed E-state index contributed by atoms with van der Waals surface area (Å²) < 4.78 is 3.62. The van der Waals surface area contributed by atoms with E-state index in [-0.39, 0.29) is 11.4 Å². The third kappa shape index (κ3) is 2.00. The molecule has 1 aromatic heterocycles. The molecule has 0 unspecified atom stereocenters. The van der Waals surface area contributed by atoms with Crippen LogP contribution in [0.25, 0.3) is 0 Å². The van der Waals surface area contributed by atoms with Gasteiger partial charge in [-0.05, 0) is 5.56 Å². The van der Waals surface area contributed by atoms with Crippen LogP contribution in [0.1, 0.15) is 24.0 Å². The van der Waals surface area contributed by atoms with Gasteiger partial charge in [-0.25, -0.2) is 4.57 Å². The van der Waals surface area contributed by atoms with E-state index in [1.54, 1.807) is 0 Å². The quantitative estimate of drug-likeness (QED) is 0.755. The minimum atomic E-state index is -0.105. The van der Waals surface area contributed by atoms with Crippen molar-refractivity contribution < 1.29 is 9.67 Å².